The van der Waals surface area contributed by atoms with Crippen LogP contribution in [0.1, 0.15) is 11.4 Å². The van der Waals surface area contributed by atoms with Crippen LogP contribution in [0, 0.1) is 0 Å². The van der Waals surface area contributed by atoms with Crippen molar-refractivity contribution >= 4 is 23.2 Å². The second kappa shape index (κ2) is 7.08. The molecule has 28 heavy (non-hydrogen) atoms. The van der Waals surface area contributed by atoms with E-state index in [0.717, 1.165) is 12.1 Å². The number of benzene rings is 1. The van der Waals surface area contributed by atoms with Crippen molar-refractivity contribution in [2.45, 2.75) is 12.7 Å². The Morgan fingerprint density at radius 2 is 1.96 bits per heavy atom. The maximum Gasteiger partial charge on any atom is 0.416 e. The molecule has 3 aromatic rings. The van der Waals surface area contributed by atoms with Crippen molar-refractivity contribution in [2.24, 2.45) is 0 Å². The summed E-state index contributed by atoms with van der Waals surface area (Å²) >= 11 is 0. The van der Waals surface area contributed by atoms with Crippen molar-refractivity contribution in [1.82, 2.24) is 29.8 Å². The molecule has 1 aliphatic heterocycles. The van der Waals surface area contributed by atoms with Crippen LogP contribution in [0.5, 0.6) is 0 Å². The molecule has 0 spiro atoms. The van der Waals surface area contributed by atoms with Crippen molar-refractivity contribution in [2.75, 3.05) is 25.0 Å². The van der Waals surface area contributed by atoms with Gasteiger partial charge in [0, 0.05) is 31.0 Å². The Morgan fingerprint density at radius 1 is 1.18 bits per heavy atom. The van der Waals surface area contributed by atoms with Crippen LogP contribution in [0.15, 0.2) is 36.5 Å². The van der Waals surface area contributed by atoms with E-state index in [-0.39, 0.29) is 18.4 Å². The molecule has 4 rings (SSSR count). The molecule has 1 amide bonds. The molecule has 0 aliphatic carbocycles. The van der Waals surface area contributed by atoms with Gasteiger partial charge in [0.1, 0.15) is 5.82 Å². The third-order valence-electron chi connectivity index (χ3n) is 4.27. The zero-order valence-corrected chi connectivity index (χ0v) is 14.6. The zero-order chi connectivity index (χ0) is 19.7. The molecule has 0 saturated carbocycles. The highest BCUT2D eigenvalue weighted by molar-refractivity contribution is 5.78. The molecule has 1 aromatic carbocycles. The smallest absolute Gasteiger partial charge is 0.354 e. The van der Waals surface area contributed by atoms with E-state index < -0.39 is 11.7 Å². The van der Waals surface area contributed by atoms with E-state index in [1.54, 1.807) is 16.8 Å². The first-order chi connectivity index (χ1) is 13.4. The molecule has 2 N–H and O–H groups in total. The molecule has 0 bridgehead atoms. The maximum atomic E-state index is 12.7. The van der Waals surface area contributed by atoms with Crippen LogP contribution in [0.4, 0.5) is 24.8 Å². The average Bonchev–Trinajstić information content (AvgIpc) is 3.05. The lowest BCUT2D eigenvalue weighted by Crippen LogP contribution is -2.47. The van der Waals surface area contributed by atoms with Crippen LogP contribution in [0.25, 0.3) is 5.65 Å². The van der Waals surface area contributed by atoms with E-state index in [9.17, 15) is 18.0 Å². The van der Waals surface area contributed by atoms with Gasteiger partial charge in [-0.25, -0.2) is 4.98 Å². The third kappa shape index (κ3) is 3.88. The molecule has 3 heterocycles. The number of hydrogen-bond acceptors (Lipinski definition) is 6. The largest absolute Gasteiger partial charge is 0.416 e. The number of fused-ring (bicyclic) bond motifs is 1. The monoisotopic (exact) mass is 391 g/mol. The van der Waals surface area contributed by atoms with Gasteiger partial charge in [0.2, 0.25) is 11.9 Å². The number of hydrogen-bond donors (Lipinski definition) is 2. The minimum absolute atomic E-state index is 0.0401. The molecule has 0 atom stereocenters. The Kier molecular flexibility index (Phi) is 4.59. The molecule has 0 radical (unpaired) electrons. The lowest BCUT2D eigenvalue weighted by Gasteiger charge is -2.25. The fraction of sp³-hybridized carbons (Fsp3) is 0.294. The van der Waals surface area contributed by atoms with Crippen LogP contribution in [-0.2, 0) is 17.5 Å². The van der Waals surface area contributed by atoms with Gasteiger partial charge in [0.05, 0.1) is 18.7 Å². The van der Waals surface area contributed by atoms with Gasteiger partial charge in [-0.2, -0.15) is 22.7 Å². The molecule has 1 saturated heterocycles. The van der Waals surface area contributed by atoms with Crippen LogP contribution in [0.2, 0.25) is 0 Å². The topological polar surface area (TPSA) is 87.5 Å². The first-order valence-corrected chi connectivity index (χ1v) is 8.52. The highest BCUT2D eigenvalue weighted by atomic mass is 19.4. The fourth-order valence-electron chi connectivity index (χ4n) is 2.93. The molecule has 11 heteroatoms. The van der Waals surface area contributed by atoms with E-state index >= 15 is 0 Å². The molecule has 1 fully saturated rings. The Balaban J connectivity index is 1.54. The Bertz CT molecular complexity index is 1000. The molecular formula is C17H16F3N7O. The van der Waals surface area contributed by atoms with Gasteiger partial charge in [0.25, 0.3) is 0 Å². The fourth-order valence-corrected chi connectivity index (χ4v) is 2.93. The lowest BCUT2D eigenvalue weighted by molar-refractivity contribution is -0.137. The van der Waals surface area contributed by atoms with Gasteiger partial charge >= 0.3 is 6.18 Å². The Labute approximate surface area is 157 Å². The van der Waals surface area contributed by atoms with Gasteiger partial charge in [-0.15, -0.1) is 5.10 Å². The van der Waals surface area contributed by atoms with Crippen molar-refractivity contribution < 1.29 is 18.0 Å². The van der Waals surface area contributed by atoms with Crippen molar-refractivity contribution in [3.63, 3.8) is 0 Å². The first kappa shape index (κ1) is 18.2. The number of piperazine rings is 1. The summed E-state index contributed by atoms with van der Waals surface area (Å²) in [5.74, 6) is 0.812. The normalized spacial score (nSPS) is 15.6. The molecule has 2 aromatic heterocycles. The zero-order valence-electron chi connectivity index (χ0n) is 14.6. The summed E-state index contributed by atoms with van der Waals surface area (Å²) in [5, 5.41) is 10.0. The van der Waals surface area contributed by atoms with E-state index in [2.05, 4.69) is 25.7 Å². The number of nitrogens with zero attached hydrogens (tertiary/aromatic N) is 5. The molecule has 0 unspecified atom stereocenters. The predicted octanol–water partition coefficient (Wildman–Crippen LogP) is 1.82. The standard InChI is InChI=1S/C17H16F3N7O/c18-17(19,20)11-1-3-12(4-2-11)23-16-24-13-5-6-21-14(27(13)25-16)9-26-8-7-22-15(28)10-26/h1-6H,7-10H2,(H,22,28)(H,23,25). The summed E-state index contributed by atoms with van der Waals surface area (Å²) in [6.45, 7) is 1.99. The maximum absolute atomic E-state index is 12.7. The average molecular weight is 391 g/mol. The Hall–Kier alpha value is -3.21. The summed E-state index contributed by atoms with van der Waals surface area (Å²) < 4.78 is 39.5. The van der Waals surface area contributed by atoms with Gasteiger partial charge in [-0.05, 0) is 24.3 Å². The SMILES string of the molecule is O=C1CN(Cc2nccc3nc(Nc4ccc(C(F)(F)F)cc4)nn23)CCN1. The highest BCUT2D eigenvalue weighted by Gasteiger charge is 2.30. The summed E-state index contributed by atoms with van der Waals surface area (Å²) in [6, 6.07) is 6.30. The van der Waals surface area contributed by atoms with Gasteiger partial charge in [-0.1, -0.05) is 0 Å². The number of carbonyl (C=O) groups is 1. The van der Waals surface area contributed by atoms with E-state index in [0.29, 0.717) is 36.8 Å². The number of halogens is 3. The third-order valence-corrected chi connectivity index (χ3v) is 4.27. The summed E-state index contributed by atoms with van der Waals surface area (Å²) in [4.78, 5) is 22.1. The van der Waals surface area contributed by atoms with Crippen molar-refractivity contribution in [3.8, 4) is 0 Å². The Morgan fingerprint density at radius 3 is 2.68 bits per heavy atom. The number of amides is 1. The number of anilines is 2. The second-order valence-electron chi connectivity index (χ2n) is 6.33. The summed E-state index contributed by atoms with van der Waals surface area (Å²) in [6.07, 6.45) is -2.78. The van der Waals surface area contributed by atoms with E-state index in [1.165, 1.54) is 12.1 Å². The van der Waals surface area contributed by atoms with Crippen molar-refractivity contribution in [1.29, 1.82) is 0 Å². The number of carbonyl (C=O) groups excluding carboxylic acids is 1. The lowest BCUT2D eigenvalue weighted by atomic mass is 10.2. The van der Waals surface area contributed by atoms with Gasteiger partial charge in [0.15, 0.2) is 5.65 Å². The number of alkyl halides is 3. The van der Waals surface area contributed by atoms with E-state index in [1.807, 2.05) is 4.90 Å². The van der Waals surface area contributed by atoms with Crippen LogP contribution >= 0.6 is 0 Å². The van der Waals surface area contributed by atoms with E-state index in [4.69, 9.17) is 0 Å². The van der Waals surface area contributed by atoms with Crippen LogP contribution < -0.4 is 10.6 Å². The first-order valence-electron chi connectivity index (χ1n) is 8.52. The minimum Gasteiger partial charge on any atom is -0.354 e. The summed E-state index contributed by atoms with van der Waals surface area (Å²) in [7, 11) is 0. The van der Waals surface area contributed by atoms with Crippen LogP contribution in [-0.4, -0.2) is 50.0 Å². The number of rotatable bonds is 4. The van der Waals surface area contributed by atoms with Gasteiger partial charge < -0.3 is 10.6 Å². The second-order valence-corrected chi connectivity index (χ2v) is 6.33. The highest BCUT2D eigenvalue weighted by Crippen LogP contribution is 2.30. The molecular weight excluding hydrogens is 375 g/mol. The number of nitrogens with one attached hydrogen (secondary N) is 2. The quantitative estimate of drug-likeness (QED) is 0.706. The van der Waals surface area contributed by atoms with Crippen molar-refractivity contribution in [3.05, 3.63) is 47.9 Å². The molecule has 1 aliphatic rings. The molecule has 8 nitrogen and oxygen atoms in total. The van der Waals surface area contributed by atoms with Gasteiger partial charge in [-0.3, -0.25) is 9.69 Å². The molecule has 146 valence electrons. The summed E-state index contributed by atoms with van der Waals surface area (Å²) in [5.41, 5.74) is 0.255. The van der Waals surface area contributed by atoms with Crippen LogP contribution in [0.3, 0.4) is 0 Å². The minimum atomic E-state index is -4.38. The predicted molar refractivity (Wildman–Crippen MR) is 93.8 cm³/mol. The number of aromatic nitrogens is 4.